The molecular weight excluding hydrogens is 260 g/mol. The van der Waals surface area contributed by atoms with Crippen molar-refractivity contribution in [3.63, 3.8) is 0 Å². The lowest BCUT2D eigenvalue weighted by atomic mass is 10.1. The molecule has 0 fully saturated rings. The van der Waals surface area contributed by atoms with Crippen LogP contribution in [-0.2, 0) is 9.53 Å². The number of ketones is 1. The van der Waals surface area contributed by atoms with E-state index in [0.717, 1.165) is 0 Å². The third-order valence-corrected chi connectivity index (χ3v) is 2.45. The summed E-state index contributed by atoms with van der Waals surface area (Å²) in [7, 11) is 1.50. The van der Waals surface area contributed by atoms with Gasteiger partial charge in [0.05, 0.1) is 13.7 Å². The first-order valence-corrected chi connectivity index (χ1v) is 6.23. The van der Waals surface area contributed by atoms with Gasteiger partial charge >= 0.3 is 5.97 Å². The maximum absolute atomic E-state index is 11.3. The van der Waals surface area contributed by atoms with Gasteiger partial charge in [0, 0.05) is 11.6 Å². The zero-order valence-corrected chi connectivity index (χ0v) is 11.8. The molecule has 20 heavy (non-hydrogen) atoms. The molecule has 0 atom stereocenters. The number of ether oxygens (including phenoxy) is 3. The van der Waals surface area contributed by atoms with Gasteiger partial charge in [0.1, 0.15) is 6.61 Å². The topological polar surface area (TPSA) is 61.8 Å². The molecule has 0 saturated carbocycles. The number of carbonyl (C=O) groups is 2. The van der Waals surface area contributed by atoms with Crippen LogP contribution in [0.25, 0.3) is 0 Å². The molecular formula is C15H18O5. The third kappa shape index (κ3) is 4.76. The number of benzene rings is 1. The first-order chi connectivity index (χ1) is 9.58. The molecule has 0 unspecified atom stereocenters. The Morgan fingerprint density at radius 2 is 2.00 bits per heavy atom. The Hall–Kier alpha value is -2.30. The van der Waals surface area contributed by atoms with Crippen LogP contribution in [0.2, 0.25) is 0 Å². The van der Waals surface area contributed by atoms with E-state index in [1.54, 1.807) is 31.2 Å². The molecule has 1 aromatic carbocycles. The van der Waals surface area contributed by atoms with Gasteiger partial charge in [0.15, 0.2) is 17.3 Å². The summed E-state index contributed by atoms with van der Waals surface area (Å²) >= 11 is 0. The van der Waals surface area contributed by atoms with Gasteiger partial charge in [-0.15, -0.1) is 0 Å². The second-order valence-electron chi connectivity index (χ2n) is 3.89. The van der Waals surface area contributed by atoms with E-state index in [1.807, 2.05) is 0 Å². The van der Waals surface area contributed by atoms with Crippen LogP contribution >= 0.6 is 0 Å². The highest BCUT2D eigenvalue weighted by molar-refractivity contribution is 5.94. The standard InChI is InChI=1S/C15H18O5/c1-4-19-15(17)6-5-9-20-13-8-7-12(11(2)16)10-14(13)18-3/h5-8,10H,4,9H2,1-3H3/b6-5+. The Bertz CT molecular complexity index is 505. The highest BCUT2D eigenvalue weighted by Crippen LogP contribution is 2.28. The van der Waals surface area contributed by atoms with E-state index in [9.17, 15) is 9.59 Å². The Kier molecular flexibility index (Phi) is 6.29. The molecule has 0 aliphatic heterocycles. The molecule has 108 valence electrons. The first kappa shape index (κ1) is 15.8. The van der Waals surface area contributed by atoms with Crippen LogP contribution in [0.1, 0.15) is 24.2 Å². The van der Waals surface area contributed by atoms with Gasteiger partial charge in [-0.05, 0) is 38.1 Å². The summed E-state index contributed by atoms with van der Waals surface area (Å²) in [5.41, 5.74) is 0.552. The van der Waals surface area contributed by atoms with Crippen molar-refractivity contribution in [1.29, 1.82) is 0 Å². The molecule has 0 N–H and O–H groups in total. The van der Waals surface area contributed by atoms with E-state index in [2.05, 4.69) is 0 Å². The molecule has 1 rings (SSSR count). The van der Waals surface area contributed by atoms with Gasteiger partial charge in [-0.1, -0.05) is 0 Å². The second-order valence-corrected chi connectivity index (χ2v) is 3.89. The lowest BCUT2D eigenvalue weighted by Gasteiger charge is -2.10. The van der Waals surface area contributed by atoms with Crippen LogP contribution < -0.4 is 9.47 Å². The van der Waals surface area contributed by atoms with Crippen LogP contribution in [0.15, 0.2) is 30.4 Å². The van der Waals surface area contributed by atoms with Crippen LogP contribution in [0.3, 0.4) is 0 Å². The predicted octanol–water partition coefficient (Wildman–Crippen LogP) is 2.40. The number of Topliss-reactive ketones (excluding diaryl/α,β-unsaturated/α-hetero) is 1. The predicted molar refractivity (Wildman–Crippen MR) is 74.3 cm³/mol. The fourth-order valence-corrected chi connectivity index (χ4v) is 1.48. The van der Waals surface area contributed by atoms with Crippen molar-refractivity contribution in [3.8, 4) is 11.5 Å². The molecule has 0 spiro atoms. The van der Waals surface area contributed by atoms with Crippen molar-refractivity contribution in [2.45, 2.75) is 13.8 Å². The van der Waals surface area contributed by atoms with Gasteiger partial charge in [0.2, 0.25) is 0 Å². The normalized spacial score (nSPS) is 10.3. The van der Waals surface area contributed by atoms with Crippen LogP contribution in [-0.4, -0.2) is 32.1 Å². The SMILES string of the molecule is CCOC(=O)/C=C/COc1ccc(C(C)=O)cc1OC. The minimum absolute atomic E-state index is 0.0444. The zero-order chi connectivity index (χ0) is 15.0. The Morgan fingerprint density at radius 1 is 1.25 bits per heavy atom. The molecule has 0 bridgehead atoms. The van der Waals surface area contributed by atoms with Crippen molar-refractivity contribution < 1.29 is 23.8 Å². The van der Waals surface area contributed by atoms with Crippen LogP contribution in [0, 0.1) is 0 Å². The smallest absolute Gasteiger partial charge is 0.330 e. The minimum atomic E-state index is -0.407. The fraction of sp³-hybridized carbons (Fsp3) is 0.333. The lowest BCUT2D eigenvalue weighted by molar-refractivity contribution is -0.137. The van der Waals surface area contributed by atoms with E-state index in [-0.39, 0.29) is 12.4 Å². The lowest BCUT2D eigenvalue weighted by Crippen LogP contribution is -2.02. The number of methoxy groups -OCH3 is 1. The third-order valence-electron chi connectivity index (χ3n) is 2.45. The molecule has 1 aromatic rings. The van der Waals surface area contributed by atoms with Gasteiger partial charge in [0.25, 0.3) is 0 Å². The van der Waals surface area contributed by atoms with Gasteiger partial charge in [-0.25, -0.2) is 4.79 Å². The molecule has 0 saturated heterocycles. The maximum atomic E-state index is 11.3. The van der Waals surface area contributed by atoms with Crippen molar-refractivity contribution >= 4 is 11.8 Å². The second kappa shape index (κ2) is 7.99. The van der Waals surface area contributed by atoms with Crippen molar-refractivity contribution in [2.75, 3.05) is 20.3 Å². The summed E-state index contributed by atoms with van der Waals surface area (Å²) in [6.45, 7) is 3.76. The van der Waals surface area contributed by atoms with Crippen LogP contribution in [0.4, 0.5) is 0 Å². The molecule has 0 radical (unpaired) electrons. The average molecular weight is 278 g/mol. The number of esters is 1. The maximum Gasteiger partial charge on any atom is 0.330 e. The van der Waals surface area contributed by atoms with Crippen molar-refractivity contribution in [1.82, 2.24) is 0 Å². The summed E-state index contributed by atoms with van der Waals surface area (Å²) in [6.07, 6.45) is 2.86. The van der Waals surface area contributed by atoms with Crippen LogP contribution in [0.5, 0.6) is 11.5 Å². The summed E-state index contributed by atoms with van der Waals surface area (Å²) in [4.78, 5) is 22.3. The zero-order valence-electron chi connectivity index (χ0n) is 11.8. The number of rotatable bonds is 7. The number of carbonyl (C=O) groups excluding carboxylic acids is 2. The van der Waals surface area contributed by atoms with E-state index in [4.69, 9.17) is 14.2 Å². The summed E-state index contributed by atoms with van der Waals surface area (Å²) in [5.74, 6) is 0.528. The molecule has 5 heteroatoms. The van der Waals surface area contributed by atoms with E-state index < -0.39 is 5.97 Å². The highest BCUT2D eigenvalue weighted by Gasteiger charge is 2.07. The van der Waals surface area contributed by atoms with E-state index in [0.29, 0.717) is 23.7 Å². The largest absolute Gasteiger partial charge is 0.493 e. The summed E-state index contributed by atoms with van der Waals surface area (Å²) < 4.78 is 15.4. The molecule has 0 aromatic heterocycles. The summed E-state index contributed by atoms with van der Waals surface area (Å²) in [6, 6.07) is 4.94. The highest BCUT2D eigenvalue weighted by atomic mass is 16.5. The quantitative estimate of drug-likeness (QED) is 0.435. The minimum Gasteiger partial charge on any atom is -0.493 e. The molecule has 5 nitrogen and oxygen atoms in total. The van der Waals surface area contributed by atoms with Gasteiger partial charge in [-0.3, -0.25) is 4.79 Å². The molecule has 0 heterocycles. The van der Waals surface area contributed by atoms with Crippen molar-refractivity contribution in [3.05, 3.63) is 35.9 Å². The van der Waals surface area contributed by atoms with E-state index >= 15 is 0 Å². The number of hydrogen-bond acceptors (Lipinski definition) is 5. The fourth-order valence-electron chi connectivity index (χ4n) is 1.48. The molecule has 0 amide bonds. The Morgan fingerprint density at radius 3 is 2.60 bits per heavy atom. The molecule has 0 aliphatic carbocycles. The Labute approximate surface area is 118 Å². The van der Waals surface area contributed by atoms with Gasteiger partial charge in [-0.2, -0.15) is 0 Å². The van der Waals surface area contributed by atoms with Gasteiger partial charge < -0.3 is 14.2 Å². The molecule has 0 aliphatic rings. The van der Waals surface area contributed by atoms with E-state index in [1.165, 1.54) is 20.1 Å². The number of hydrogen-bond donors (Lipinski definition) is 0. The first-order valence-electron chi connectivity index (χ1n) is 6.23. The monoisotopic (exact) mass is 278 g/mol. The average Bonchev–Trinajstić information content (AvgIpc) is 2.43. The Balaban J connectivity index is 2.64. The van der Waals surface area contributed by atoms with Crippen molar-refractivity contribution in [2.24, 2.45) is 0 Å². The summed E-state index contributed by atoms with van der Waals surface area (Å²) in [5, 5.41) is 0.